The summed E-state index contributed by atoms with van der Waals surface area (Å²) in [5.74, 6) is -1.06. The van der Waals surface area contributed by atoms with E-state index >= 15 is 0 Å². The standard InChI is InChI=1S/C20H22FNO4/c1-25-18-6-4-3-5-14(18)15-11-22(12-16(15)20(23)24)10-13-7-8-19(26-2)17(21)9-13/h3-9,15-16H,10-12H2,1-2H3,(H,23,24)/t15-,16+/m0/s1. The van der Waals surface area contributed by atoms with Crippen molar-refractivity contribution in [3.63, 3.8) is 0 Å². The Labute approximate surface area is 152 Å². The summed E-state index contributed by atoms with van der Waals surface area (Å²) >= 11 is 0. The molecule has 2 aromatic carbocycles. The number of methoxy groups -OCH3 is 2. The maximum Gasteiger partial charge on any atom is 0.308 e. The molecule has 1 aliphatic rings. The summed E-state index contributed by atoms with van der Waals surface area (Å²) in [6, 6.07) is 12.3. The lowest BCUT2D eigenvalue weighted by Gasteiger charge is -2.18. The molecular formula is C20H22FNO4. The number of likely N-dealkylation sites (tertiary alicyclic amines) is 1. The van der Waals surface area contributed by atoms with Gasteiger partial charge in [-0.3, -0.25) is 9.69 Å². The zero-order valence-electron chi connectivity index (χ0n) is 14.8. The summed E-state index contributed by atoms with van der Waals surface area (Å²) in [7, 11) is 3.01. The van der Waals surface area contributed by atoms with E-state index in [9.17, 15) is 14.3 Å². The number of ether oxygens (including phenoxy) is 2. The van der Waals surface area contributed by atoms with E-state index in [1.165, 1.54) is 13.2 Å². The van der Waals surface area contributed by atoms with Crippen molar-refractivity contribution < 1.29 is 23.8 Å². The highest BCUT2D eigenvalue weighted by Crippen LogP contribution is 2.38. The maximum absolute atomic E-state index is 13.9. The predicted octanol–water partition coefficient (Wildman–Crippen LogP) is 3.14. The monoisotopic (exact) mass is 359 g/mol. The van der Waals surface area contributed by atoms with Crippen molar-refractivity contribution in [1.29, 1.82) is 0 Å². The number of carboxylic acid groups (broad SMARTS) is 1. The Balaban J connectivity index is 1.81. The van der Waals surface area contributed by atoms with Crippen molar-refractivity contribution in [2.45, 2.75) is 12.5 Å². The Morgan fingerprint density at radius 2 is 1.88 bits per heavy atom. The van der Waals surface area contributed by atoms with Crippen molar-refractivity contribution in [1.82, 2.24) is 4.90 Å². The third kappa shape index (κ3) is 3.65. The molecule has 6 heteroatoms. The van der Waals surface area contributed by atoms with Gasteiger partial charge < -0.3 is 14.6 Å². The van der Waals surface area contributed by atoms with E-state index in [1.54, 1.807) is 19.2 Å². The third-order valence-electron chi connectivity index (χ3n) is 4.87. The first-order valence-electron chi connectivity index (χ1n) is 8.44. The molecule has 3 rings (SSSR count). The molecule has 26 heavy (non-hydrogen) atoms. The molecule has 1 N–H and O–H groups in total. The molecule has 0 bridgehead atoms. The number of para-hydroxylation sites is 1. The summed E-state index contributed by atoms with van der Waals surface area (Å²) in [6.07, 6.45) is 0. The van der Waals surface area contributed by atoms with Gasteiger partial charge in [-0.1, -0.05) is 24.3 Å². The van der Waals surface area contributed by atoms with Crippen LogP contribution in [0.2, 0.25) is 0 Å². The minimum Gasteiger partial charge on any atom is -0.496 e. The number of hydrogen-bond acceptors (Lipinski definition) is 4. The van der Waals surface area contributed by atoms with Gasteiger partial charge in [0.15, 0.2) is 11.6 Å². The smallest absolute Gasteiger partial charge is 0.308 e. The van der Waals surface area contributed by atoms with E-state index in [-0.39, 0.29) is 11.7 Å². The first-order chi connectivity index (χ1) is 12.5. The molecule has 0 amide bonds. The van der Waals surface area contributed by atoms with Crippen LogP contribution >= 0.6 is 0 Å². The number of rotatable bonds is 6. The molecule has 1 saturated heterocycles. The highest BCUT2D eigenvalue weighted by Gasteiger charge is 2.39. The van der Waals surface area contributed by atoms with Gasteiger partial charge in [-0.05, 0) is 29.3 Å². The fourth-order valence-electron chi connectivity index (χ4n) is 3.62. The van der Waals surface area contributed by atoms with Crippen molar-refractivity contribution in [2.24, 2.45) is 5.92 Å². The average Bonchev–Trinajstić information content (AvgIpc) is 3.06. The highest BCUT2D eigenvalue weighted by atomic mass is 19.1. The van der Waals surface area contributed by atoms with Crippen LogP contribution in [0, 0.1) is 11.7 Å². The van der Waals surface area contributed by atoms with Gasteiger partial charge in [-0.2, -0.15) is 0 Å². The number of benzene rings is 2. The number of carbonyl (C=O) groups is 1. The van der Waals surface area contributed by atoms with Crippen LogP contribution in [-0.4, -0.2) is 43.3 Å². The number of halogens is 1. The topological polar surface area (TPSA) is 59.0 Å². The Morgan fingerprint density at radius 1 is 1.15 bits per heavy atom. The number of carboxylic acids is 1. The number of nitrogens with zero attached hydrogens (tertiary/aromatic N) is 1. The SMILES string of the molecule is COc1ccc(CN2C[C@@H](C(=O)O)[C@H](c3ccccc3OC)C2)cc1F. The summed E-state index contributed by atoms with van der Waals surface area (Å²) in [5, 5.41) is 9.66. The quantitative estimate of drug-likeness (QED) is 0.859. The molecule has 1 aliphatic heterocycles. The lowest BCUT2D eigenvalue weighted by atomic mass is 9.88. The Kier molecular flexibility index (Phi) is 5.42. The molecule has 2 atom stereocenters. The van der Waals surface area contributed by atoms with E-state index in [1.807, 2.05) is 29.2 Å². The van der Waals surface area contributed by atoms with Gasteiger partial charge in [0.2, 0.25) is 0 Å². The lowest BCUT2D eigenvalue weighted by molar-refractivity contribution is -0.141. The molecule has 0 saturated carbocycles. The van der Waals surface area contributed by atoms with E-state index in [0.29, 0.717) is 25.4 Å². The Hall–Kier alpha value is -2.60. The molecule has 0 aromatic heterocycles. The molecular weight excluding hydrogens is 337 g/mol. The van der Waals surface area contributed by atoms with E-state index in [0.717, 1.165) is 11.1 Å². The minimum atomic E-state index is -0.829. The van der Waals surface area contributed by atoms with Gasteiger partial charge >= 0.3 is 5.97 Å². The molecule has 1 heterocycles. The Bertz CT molecular complexity index is 795. The predicted molar refractivity (Wildman–Crippen MR) is 95.1 cm³/mol. The molecule has 0 unspecified atom stereocenters. The van der Waals surface area contributed by atoms with Gasteiger partial charge in [-0.25, -0.2) is 4.39 Å². The fraction of sp³-hybridized carbons (Fsp3) is 0.350. The van der Waals surface area contributed by atoms with Crippen LogP contribution in [0.5, 0.6) is 11.5 Å². The average molecular weight is 359 g/mol. The van der Waals surface area contributed by atoms with Gasteiger partial charge in [0.25, 0.3) is 0 Å². The van der Waals surface area contributed by atoms with Crippen LogP contribution in [0.25, 0.3) is 0 Å². The normalized spacial score (nSPS) is 20.1. The zero-order valence-corrected chi connectivity index (χ0v) is 14.8. The molecule has 0 spiro atoms. The first kappa shape index (κ1) is 18.2. The third-order valence-corrected chi connectivity index (χ3v) is 4.87. The number of hydrogen-bond donors (Lipinski definition) is 1. The first-order valence-corrected chi connectivity index (χ1v) is 8.44. The van der Waals surface area contributed by atoms with Gasteiger partial charge in [0.1, 0.15) is 5.75 Å². The van der Waals surface area contributed by atoms with Crippen LogP contribution in [0.3, 0.4) is 0 Å². The summed E-state index contributed by atoms with van der Waals surface area (Å²) in [5.41, 5.74) is 1.68. The largest absolute Gasteiger partial charge is 0.496 e. The second kappa shape index (κ2) is 7.74. The van der Waals surface area contributed by atoms with E-state index < -0.39 is 17.7 Å². The highest BCUT2D eigenvalue weighted by molar-refractivity contribution is 5.72. The minimum absolute atomic E-state index is 0.174. The molecule has 1 fully saturated rings. The lowest BCUT2D eigenvalue weighted by Crippen LogP contribution is -2.23. The molecule has 2 aromatic rings. The van der Waals surface area contributed by atoms with Crippen molar-refractivity contribution >= 4 is 5.97 Å². The van der Waals surface area contributed by atoms with Crippen molar-refractivity contribution in [3.8, 4) is 11.5 Å². The summed E-state index contributed by atoms with van der Waals surface area (Å²) in [6.45, 7) is 1.47. The maximum atomic E-state index is 13.9. The van der Waals surface area contributed by atoms with Gasteiger partial charge in [0.05, 0.1) is 20.1 Å². The van der Waals surface area contributed by atoms with Gasteiger partial charge in [0, 0.05) is 25.6 Å². The summed E-state index contributed by atoms with van der Waals surface area (Å²) < 4.78 is 24.3. The van der Waals surface area contributed by atoms with Gasteiger partial charge in [-0.15, -0.1) is 0 Å². The van der Waals surface area contributed by atoms with E-state index in [2.05, 4.69) is 0 Å². The van der Waals surface area contributed by atoms with Crippen molar-refractivity contribution in [2.75, 3.05) is 27.3 Å². The zero-order chi connectivity index (χ0) is 18.7. The molecule has 138 valence electrons. The Morgan fingerprint density at radius 3 is 2.54 bits per heavy atom. The van der Waals surface area contributed by atoms with Crippen LogP contribution in [0.15, 0.2) is 42.5 Å². The van der Waals surface area contributed by atoms with Crippen LogP contribution in [0.1, 0.15) is 17.0 Å². The second-order valence-corrected chi connectivity index (χ2v) is 6.46. The van der Waals surface area contributed by atoms with Crippen LogP contribution in [-0.2, 0) is 11.3 Å². The fourth-order valence-corrected chi connectivity index (χ4v) is 3.62. The summed E-state index contributed by atoms with van der Waals surface area (Å²) in [4.78, 5) is 13.8. The van der Waals surface area contributed by atoms with Crippen molar-refractivity contribution in [3.05, 3.63) is 59.4 Å². The van der Waals surface area contributed by atoms with Crippen LogP contribution < -0.4 is 9.47 Å². The molecule has 0 radical (unpaired) electrons. The van der Waals surface area contributed by atoms with Crippen LogP contribution in [0.4, 0.5) is 4.39 Å². The number of aliphatic carboxylic acids is 1. The molecule has 5 nitrogen and oxygen atoms in total. The molecule has 0 aliphatic carbocycles. The van der Waals surface area contributed by atoms with E-state index in [4.69, 9.17) is 9.47 Å². The second-order valence-electron chi connectivity index (χ2n) is 6.46.